The molecule has 4 nitrogen and oxygen atoms in total. The molecule has 0 saturated heterocycles. The van der Waals surface area contributed by atoms with Gasteiger partial charge >= 0.3 is 0 Å². The van der Waals surface area contributed by atoms with Crippen LogP contribution in [0.4, 0.5) is 0 Å². The van der Waals surface area contributed by atoms with Gasteiger partial charge in [-0.25, -0.2) is 0 Å². The molecule has 0 radical (unpaired) electrons. The average molecular weight is 241 g/mol. The molecular formula is C13H27N3O. The predicted molar refractivity (Wildman–Crippen MR) is 70.7 cm³/mol. The summed E-state index contributed by atoms with van der Waals surface area (Å²) in [6, 6.07) is 0.331. The number of carbonyl (C=O) groups excluding carboxylic acids is 1. The molecular weight excluding hydrogens is 214 g/mol. The molecule has 1 aliphatic carbocycles. The van der Waals surface area contributed by atoms with E-state index in [1.54, 1.807) is 0 Å². The number of rotatable bonds is 6. The van der Waals surface area contributed by atoms with Crippen molar-refractivity contribution in [2.75, 3.05) is 20.1 Å². The lowest BCUT2D eigenvalue weighted by Crippen LogP contribution is -2.46. The Kier molecular flexibility index (Phi) is 5.92. The van der Waals surface area contributed by atoms with Gasteiger partial charge in [0.15, 0.2) is 0 Å². The minimum Gasteiger partial charge on any atom is -0.353 e. The number of amides is 1. The summed E-state index contributed by atoms with van der Waals surface area (Å²) in [6.45, 7) is 5.55. The van der Waals surface area contributed by atoms with E-state index in [1.807, 2.05) is 13.8 Å². The highest BCUT2D eigenvalue weighted by atomic mass is 16.2. The Hall–Kier alpha value is -0.610. The number of likely N-dealkylation sites (N-methyl/N-ethyl adjacent to an activating group) is 1. The Bertz CT molecular complexity index is 237. The van der Waals surface area contributed by atoms with Crippen molar-refractivity contribution in [2.24, 2.45) is 11.7 Å². The maximum Gasteiger partial charge on any atom is 0.237 e. The Labute approximate surface area is 105 Å². The van der Waals surface area contributed by atoms with Gasteiger partial charge < -0.3 is 16.0 Å². The number of hydrogen-bond acceptors (Lipinski definition) is 3. The van der Waals surface area contributed by atoms with Crippen molar-refractivity contribution < 1.29 is 4.79 Å². The smallest absolute Gasteiger partial charge is 0.237 e. The molecule has 0 bridgehead atoms. The quantitative estimate of drug-likeness (QED) is 0.728. The first-order chi connectivity index (χ1) is 8.02. The van der Waals surface area contributed by atoms with Crippen LogP contribution in [0.25, 0.3) is 0 Å². The molecule has 1 atom stereocenters. The second-order valence-corrected chi connectivity index (χ2v) is 5.48. The van der Waals surface area contributed by atoms with Crippen molar-refractivity contribution in [1.82, 2.24) is 10.2 Å². The van der Waals surface area contributed by atoms with Crippen LogP contribution in [0.2, 0.25) is 0 Å². The fraction of sp³-hybridized carbons (Fsp3) is 0.923. The van der Waals surface area contributed by atoms with E-state index in [0.29, 0.717) is 12.6 Å². The fourth-order valence-corrected chi connectivity index (χ4v) is 2.30. The summed E-state index contributed by atoms with van der Waals surface area (Å²) in [6.07, 6.45) is 5.30. The van der Waals surface area contributed by atoms with Gasteiger partial charge in [0, 0.05) is 19.1 Å². The summed E-state index contributed by atoms with van der Waals surface area (Å²) in [7, 11) is 2.14. The molecule has 1 rings (SSSR count). The second kappa shape index (κ2) is 6.97. The van der Waals surface area contributed by atoms with Crippen LogP contribution >= 0.6 is 0 Å². The van der Waals surface area contributed by atoms with Gasteiger partial charge in [0.25, 0.3) is 0 Å². The minimum atomic E-state index is -0.383. The molecule has 100 valence electrons. The van der Waals surface area contributed by atoms with Crippen LogP contribution < -0.4 is 11.1 Å². The van der Waals surface area contributed by atoms with Crippen molar-refractivity contribution in [1.29, 1.82) is 0 Å². The summed E-state index contributed by atoms with van der Waals surface area (Å²) in [5, 5.41) is 2.91. The minimum absolute atomic E-state index is 0.0279. The van der Waals surface area contributed by atoms with Gasteiger partial charge in [0.05, 0.1) is 6.04 Å². The summed E-state index contributed by atoms with van der Waals surface area (Å²) in [4.78, 5) is 14.0. The molecule has 0 heterocycles. The van der Waals surface area contributed by atoms with Gasteiger partial charge in [0.1, 0.15) is 0 Å². The fourth-order valence-electron chi connectivity index (χ4n) is 2.30. The van der Waals surface area contributed by atoms with Crippen LogP contribution in [0.5, 0.6) is 0 Å². The highest BCUT2D eigenvalue weighted by Gasteiger charge is 2.20. The van der Waals surface area contributed by atoms with E-state index in [4.69, 9.17) is 5.73 Å². The number of carbonyl (C=O) groups is 1. The SMILES string of the molecule is CC(C)[C@H](N)C(=O)NCCN(C)C1CCCC1. The highest BCUT2D eigenvalue weighted by Crippen LogP contribution is 2.21. The summed E-state index contributed by atoms with van der Waals surface area (Å²) in [5.74, 6) is 0.169. The number of nitrogens with zero attached hydrogens (tertiary/aromatic N) is 1. The van der Waals surface area contributed by atoms with Crippen LogP contribution in [-0.4, -0.2) is 43.0 Å². The van der Waals surface area contributed by atoms with Gasteiger partial charge in [-0.15, -0.1) is 0 Å². The van der Waals surface area contributed by atoms with E-state index in [9.17, 15) is 4.79 Å². The molecule has 1 fully saturated rings. The van der Waals surface area contributed by atoms with Crippen LogP contribution in [-0.2, 0) is 4.79 Å². The molecule has 3 N–H and O–H groups in total. The van der Waals surface area contributed by atoms with Crippen LogP contribution in [0, 0.1) is 5.92 Å². The molecule has 17 heavy (non-hydrogen) atoms. The van der Waals surface area contributed by atoms with Crippen molar-refractivity contribution in [2.45, 2.75) is 51.6 Å². The molecule has 0 aromatic heterocycles. The molecule has 4 heteroatoms. The van der Waals surface area contributed by atoms with Gasteiger partial charge in [0.2, 0.25) is 5.91 Å². The third-order valence-corrected chi connectivity index (χ3v) is 3.73. The monoisotopic (exact) mass is 241 g/mol. The van der Waals surface area contributed by atoms with Crippen LogP contribution in [0.15, 0.2) is 0 Å². The molecule has 0 aromatic carbocycles. The molecule has 1 amide bonds. The number of hydrogen-bond donors (Lipinski definition) is 2. The number of nitrogens with one attached hydrogen (secondary N) is 1. The lowest BCUT2D eigenvalue weighted by molar-refractivity contribution is -0.123. The largest absolute Gasteiger partial charge is 0.353 e. The third-order valence-electron chi connectivity index (χ3n) is 3.73. The topological polar surface area (TPSA) is 58.4 Å². The normalized spacial score (nSPS) is 18.9. The second-order valence-electron chi connectivity index (χ2n) is 5.48. The van der Waals surface area contributed by atoms with Crippen molar-refractivity contribution in [3.8, 4) is 0 Å². The summed E-state index contributed by atoms with van der Waals surface area (Å²) >= 11 is 0. The van der Waals surface area contributed by atoms with Crippen molar-refractivity contribution >= 4 is 5.91 Å². The first kappa shape index (κ1) is 14.5. The third kappa shape index (κ3) is 4.64. The van der Waals surface area contributed by atoms with Gasteiger partial charge in [-0.3, -0.25) is 4.79 Å². The first-order valence-electron chi connectivity index (χ1n) is 6.76. The van der Waals surface area contributed by atoms with E-state index in [-0.39, 0.29) is 17.9 Å². The standard InChI is InChI=1S/C13H27N3O/c1-10(2)12(14)13(17)15-8-9-16(3)11-6-4-5-7-11/h10-12H,4-9,14H2,1-3H3,(H,15,17)/t12-/m0/s1. The molecule has 0 aliphatic heterocycles. The molecule has 0 spiro atoms. The lowest BCUT2D eigenvalue weighted by Gasteiger charge is -2.24. The molecule has 1 aliphatic rings. The average Bonchev–Trinajstić information content (AvgIpc) is 2.80. The van der Waals surface area contributed by atoms with E-state index in [1.165, 1.54) is 25.7 Å². The molecule has 0 aromatic rings. The number of nitrogens with two attached hydrogens (primary N) is 1. The summed E-state index contributed by atoms with van der Waals surface area (Å²) in [5.41, 5.74) is 5.77. The van der Waals surface area contributed by atoms with Crippen LogP contribution in [0.3, 0.4) is 0 Å². The van der Waals surface area contributed by atoms with Crippen LogP contribution in [0.1, 0.15) is 39.5 Å². The van der Waals surface area contributed by atoms with E-state index < -0.39 is 0 Å². The molecule has 0 unspecified atom stereocenters. The van der Waals surface area contributed by atoms with Gasteiger partial charge in [-0.1, -0.05) is 26.7 Å². The van der Waals surface area contributed by atoms with E-state index in [0.717, 1.165) is 6.54 Å². The first-order valence-corrected chi connectivity index (χ1v) is 6.76. The zero-order chi connectivity index (χ0) is 12.8. The van der Waals surface area contributed by atoms with E-state index >= 15 is 0 Å². The summed E-state index contributed by atoms with van der Waals surface area (Å²) < 4.78 is 0. The molecule has 1 saturated carbocycles. The zero-order valence-electron chi connectivity index (χ0n) is 11.4. The maximum atomic E-state index is 11.6. The highest BCUT2D eigenvalue weighted by molar-refractivity contribution is 5.81. The Morgan fingerprint density at radius 3 is 2.53 bits per heavy atom. The van der Waals surface area contributed by atoms with Crippen molar-refractivity contribution in [3.05, 3.63) is 0 Å². The maximum absolute atomic E-state index is 11.6. The zero-order valence-corrected chi connectivity index (χ0v) is 11.4. The van der Waals surface area contributed by atoms with Crippen molar-refractivity contribution in [3.63, 3.8) is 0 Å². The Morgan fingerprint density at radius 1 is 1.41 bits per heavy atom. The lowest BCUT2D eigenvalue weighted by atomic mass is 10.1. The van der Waals surface area contributed by atoms with E-state index in [2.05, 4.69) is 17.3 Å². The van der Waals surface area contributed by atoms with Gasteiger partial charge in [-0.2, -0.15) is 0 Å². The predicted octanol–water partition coefficient (Wildman–Crippen LogP) is 0.960. The Morgan fingerprint density at radius 2 is 2.00 bits per heavy atom. The van der Waals surface area contributed by atoms with Gasteiger partial charge in [-0.05, 0) is 25.8 Å². The Balaban J connectivity index is 2.16.